The summed E-state index contributed by atoms with van der Waals surface area (Å²) < 4.78 is 6.34. The van der Waals surface area contributed by atoms with Crippen LogP contribution >= 0.6 is 11.3 Å². The van der Waals surface area contributed by atoms with Crippen LogP contribution in [-0.4, -0.2) is 28.3 Å². The lowest BCUT2D eigenvalue weighted by Crippen LogP contribution is -2.26. The molecule has 7 nitrogen and oxygen atoms in total. The number of fused-ring (bicyclic) bond motifs is 1. The van der Waals surface area contributed by atoms with E-state index in [-0.39, 0.29) is 29.0 Å². The Morgan fingerprint density at radius 1 is 1.27 bits per heavy atom. The van der Waals surface area contributed by atoms with Crippen LogP contribution in [0.2, 0.25) is 0 Å². The number of aryl methyl sites for hydroxylation is 1. The molecule has 1 amide bonds. The minimum atomic E-state index is -0.616. The van der Waals surface area contributed by atoms with Crippen molar-refractivity contribution < 1.29 is 14.3 Å². The molecule has 0 aliphatic heterocycles. The van der Waals surface area contributed by atoms with Gasteiger partial charge >= 0.3 is 5.97 Å². The van der Waals surface area contributed by atoms with Gasteiger partial charge in [0.25, 0.3) is 5.56 Å². The number of anilines is 1. The number of amides is 1. The Labute approximate surface area is 178 Å². The second-order valence-corrected chi connectivity index (χ2v) is 9.14. The molecule has 3 rings (SSSR count). The Morgan fingerprint density at radius 2 is 2.00 bits per heavy atom. The Kier molecular flexibility index (Phi) is 6.07. The fourth-order valence-corrected chi connectivity index (χ4v) is 4.03. The second kappa shape index (κ2) is 8.39. The molecule has 0 unspecified atom stereocenters. The summed E-state index contributed by atoms with van der Waals surface area (Å²) in [5.41, 5.74) is 0.918. The first-order valence-corrected chi connectivity index (χ1v) is 10.6. The Hall–Kier alpha value is -3.00. The molecular formula is C22H25N3O4S. The molecule has 0 saturated heterocycles. The highest BCUT2D eigenvalue weighted by Crippen LogP contribution is 2.31. The predicted octanol–water partition coefficient (Wildman–Crippen LogP) is 4.31. The van der Waals surface area contributed by atoms with Gasteiger partial charge in [0.2, 0.25) is 5.91 Å². The first-order chi connectivity index (χ1) is 14.1. The molecule has 0 saturated carbocycles. The van der Waals surface area contributed by atoms with E-state index in [9.17, 15) is 14.4 Å². The van der Waals surface area contributed by atoms with Crippen molar-refractivity contribution in [3.63, 3.8) is 0 Å². The molecule has 2 aromatic heterocycles. The summed E-state index contributed by atoms with van der Waals surface area (Å²) in [5, 5.41) is 9.83. The summed E-state index contributed by atoms with van der Waals surface area (Å²) in [6.45, 7) is 9.69. The molecule has 1 aromatic carbocycles. The topological polar surface area (TPSA) is 90.3 Å². The first-order valence-electron chi connectivity index (χ1n) is 9.69. The Morgan fingerprint density at radius 3 is 2.63 bits per heavy atom. The molecule has 0 aliphatic rings. The van der Waals surface area contributed by atoms with Crippen LogP contribution in [0.4, 0.5) is 5.00 Å². The minimum absolute atomic E-state index is 0.0422. The van der Waals surface area contributed by atoms with Crippen molar-refractivity contribution in [3.8, 4) is 5.69 Å². The molecule has 0 bridgehead atoms. The SMILES string of the molecule is CCOC(=O)c1nn(-c2cccc(C)c2)c(=O)c2c(NC(=O)CC(C)(C)C)scc12. The molecule has 0 spiro atoms. The highest BCUT2D eigenvalue weighted by atomic mass is 32.1. The molecule has 8 heteroatoms. The third-order valence-electron chi connectivity index (χ3n) is 4.31. The van der Waals surface area contributed by atoms with Crippen LogP contribution < -0.4 is 10.9 Å². The summed E-state index contributed by atoms with van der Waals surface area (Å²) in [6.07, 6.45) is 0.300. The highest BCUT2D eigenvalue weighted by Gasteiger charge is 2.24. The van der Waals surface area contributed by atoms with Crippen LogP contribution in [0.3, 0.4) is 0 Å². The monoisotopic (exact) mass is 427 g/mol. The summed E-state index contributed by atoms with van der Waals surface area (Å²) in [6, 6.07) is 7.26. The van der Waals surface area contributed by atoms with Crippen molar-refractivity contribution in [2.75, 3.05) is 11.9 Å². The van der Waals surface area contributed by atoms with E-state index in [0.717, 1.165) is 5.56 Å². The first kappa shape index (κ1) is 21.7. The van der Waals surface area contributed by atoms with Gasteiger partial charge < -0.3 is 10.1 Å². The number of carbonyl (C=O) groups is 2. The van der Waals surface area contributed by atoms with E-state index in [1.807, 2.05) is 39.8 Å². The molecule has 3 aromatic rings. The van der Waals surface area contributed by atoms with Crippen molar-refractivity contribution in [2.45, 2.75) is 41.0 Å². The number of hydrogen-bond donors (Lipinski definition) is 1. The smallest absolute Gasteiger partial charge is 0.359 e. The largest absolute Gasteiger partial charge is 0.461 e. The molecule has 30 heavy (non-hydrogen) atoms. The molecule has 2 heterocycles. The zero-order valence-corrected chi connectivity index (χ0v) is 18.6. The number of benzene rings is 1. The van der Waals surface area contributed by atoms with Gasteiger partial charge in [-0.1, -0.05) is 32.9 Å². The zero-order chi connectivity index (χ0) is 22.1. The summed E-state index contributed by atoms with van der Waals surface area (Å²) >= 11 is 1.19. The van der Waals surface area contributed by atoms with Gasteiger partial charge in [-0.3, -0.25) is 9.59 Å². The number of hydrogen-bond acceptors (Lipinski definition) is 6. The maximum Gasteiger partial charge on any atom is 0.359 e. The quantitative estimate of drug-likeness (QED) is 0.613. The number of thiophene rings is 1. The fourth-order valence-electron chi connectivity index (χ4n) is 3.08. The van der Waals surface area contributed by atoms with Gasteiger partial charge in [-0.05, 0) is 37.0 Å². The number of nitrogens with zero attached hydrogens (tertiary/aromatic N) is 2. The number of rotatable bonds is 5. The lowest BCUT2D eigenvalue weighted by molar-refractivity contribution is -0.117. The van der Waals surface area contributed by atoms with Gasteiger partial charge in [-0.2, -0.15) is 9.78 Å². The molecule has 158 valence electrons. The molecule has 0 atom stereocenters. The van der Waals surface area contributed by atoms with E-state index < -0.39 is 11.5 Å². The number of nitrogens with one attached hydrogen (secondary N) is 1. The predicted molar refractivity (Wildman–Crippen MR) is 119 cm³/mol. The van der Waals surface area contributed by atoms with Crippen LogP contribution in [0.1, 0.15) is 50.2 Å². The minimum Gasteiger partial charge on any atom is -0.461 e. The fraction of sp³-hybridized carbons (Fsp3) is 0.364. The van der Waals surface area contributed by atoms with E-state index >= 15 is 0 Å². The van der Waals surface area contributed by atoms with Gasteiger partial charge in [-0.25, -0.2) is 4.79 Å². The maximum absolute atomic E-state index is 13.3. The van der Waals surface area contributed by atoms with Crippen molar-refractivity contribution in [3.05, 3.63) is 51.3 Å². The molecule has 0 fully saturated rings. The number of esters is 1. The second-order valence-electron chi connectivity index (χ2n) is 8.26. The van der Waals surface area contributed by atoms with Crippen molar-refractivity contribution in [1.82, 2.24) is 9.78 Å². The van der Waals surface area contributed by atoms with Gasteiger partial charge in [0.05, 0.1) is 17.7 Å². The Balaban J connectivity index is 2.20. The molecule has 0 radical (unpaired) electrons. The number of carbonyl (C=O) groups excluding carboxylic acids is 2. The summed E-state index contributed by atoms with van der Waals surface area (Å²) in [7, 11) is 0. The van der Waals surface area contributed by atoms with Gasteiger partial charge in [0.1, 0.15) is 5.00 Å². The van der Waals surface area contributed by atoms with Gasteiger partial charge in [0.15, 0.2) is 5.69 Å². The van der Waals surface area contributed by atoms with Crippen LogP contribution in [0.25, 0.3) is 16.5 Å². The zero-order valence-electron chi connectivity index (χ0n) is 17.7. The molecule has 0 aliphatic carbocycles. The average molecular weight is 428 g/mol. The highest BCUT2D eigenvalue weighted by molar-refractivity contribution is 7.16. The van der Waals surface area contributed by atoms with E-state index in [4.69, 9.17) is 4.74 Å². The van der Waals surface area contributed by atoms with E-state index in [1.165, 1.54) is 16.0 Å². The van der Waals surface area contributed by atoms with Crippen LogP contribution in [0.5, 0.6) is 0 Å². The normalized spacial score (nSPS) is 11.5. The van der Waals surface area contributed by atoms with Crippen LogP contribution in [0, 0.1) is 12.3 Å². The lowest BCUT2D eigenvalue weighted by atomic mass is 9.92. The third-order valence-corrected chi connectivity index (χ3v) is 5.21. The lowest BCUT2D eigenvalue weighted by Gasteiger charge is -2.17. The van der Waals surface area contributed by atoms with Crippen molar-refractivity contribution in [1.29, 1.82) is 0 Å². The third kappa shape index (κ3) is 4.59. The van der Waals surface area contributed by atoms with Crippen molar-refractivity contribution >= 4 is 39.0 Å². The number of aromatic nitrogens is 2. The standard InChI is InChI=1S/C22H25N3O4S/c1-6-29-21(28)18-15-12-30-19(23-16(26)11-22(3,4)5)17(15)20(27)25(24-18)14-9-7-8-13(2)10-14/h7-10,12H,6,11H2,1-5H3,(H,23,26). The van der Waals surface area contributed by atoms with E-state index in [0.29, 0.717) is 22.5 Å². The Bertz CT molecular complexity index is 1170. The molecular weight excluding hydrogens is 402 g/mol. The van der Waals surface area contributed by atoms with Crippen molar-refractivity contribution in [2.24, 2.45) is 5.41 Å². The van der Waals surface area contributed by atoms with E-state index in [2.05, 4.69) is 10.4 Å². The van der Waals surface area contributed by atoms with E-state index in [1.54, 1.807) is 24.4 Å². The summed E-state index contributed by atoms with van der Waals surface area (Å²) in [5.74, 6) is -0.809. The van der Waals surface area contributed by atoms with Gasteiger partial charge in [-0.15, -0.1) is 11.3 Å². The van der Waals surface area contributed by atoms with Crippen LogP contribution in [-0.2, 0) is 9.53 Å². The maximum atomic E-state index is 13.3. The van der Waals surface area contributed by atoms with Crippen LogP contribution in [0.15, 0.2) is 34.4 Å². The number of ether oxygens (including phenoxy) is 1. The molecule has 1 N–H and O–H groups in total. The average Bonchev–Trinajstić information content (AvgIpc) is 3.04. The van der Waals surface area contributed by atoms with Gasteiger partial charge in [0, 0.05) is 17.2 Å². The summed E-state index contributed by atoms with van der Waals surface area (Å²) in [4.78, 5) is 38.4.